The highest BCUT2D eigenvalue weighted by molar-refractivity contribution is 6.32. The molecular formula is C19H20ClN5. The second kappa shape index (κ2) is 6.84. The molecule has 0 saturated carbocycles. The second-order valence-electron chi connectivity index (χ2n) is 6.40. The molecule has 128 valence electrons. The van der Waals surface area contributed by atoms with Gasteiger partial charge in [-0.3, -0.25) is 0 Å². The van der Waals surface area contributed by atoms with Crippen molar-refractivity contribution in [3.8, 4) is 11.1 Å². The van der Waals surface area contributed by atoms with Crippen molar-refractivity contribution in [2.45, 2.75) is 25.7 Å². The summed E-state index contributed by atoms with van der Waals surface area (Å²) in [5, 5.41) is 0.501. The van der Waals surface area contributed by atoms with Crippen LogP contribution in [0.1, 0.15) is 30.1 Å². The zero-order chi connectivity index (χ0) is 17.2. The summed E-state index contributed by atoms with van der Waals surface area (Å²) in [6, 6.07) is 10.1. The second-order valence-corrected chi connectivity index (χ2v) is 6.76. The summed E-state index contributed by atoms with van der Waals surface area (Å²) < 4.78 is 0. The van der Waals surface area contributed by atoms with E-state index in [9.17, 15) is 0 Å². The standard InChI is InChI=1S/C19H20ClN5/c1-13-17(22-11-21-13)15-7-9-25(10-8-15)19-16(18(20)23-12-24-19)14-5-3-2-4-6-14/h2-6,11-12,15H,7-10H2,1H3,(H,21,22). The number of halogens is 1. The van der Waals surface area contributed by atoms with Crippen LogP contribution in [-0.4, -0.2) is 33.0 Å². The van der Waals surface area contributed by atoms with Gasteiger partial charge in [-0.1, -0.05) is 41.9 Å². The van der Waals surface area contributed by atoms with Gasteiger partial charge in [0.05, 0.1) is 17.6 Å². The van der Waals surface area contributed by atoms with Gasteiger partial charge in [-0.2, -0.15) is 0 Å². The highest BCUT2D eigenvalue weighted by atomic mass is 35.5. The SMILES string of the molecule is Cc1[nH]cnc1C1CCN(c2ncnc(Cl)c2-c2ccccc2)CC1. The number of hydrogen-bond donors (Lipinski definition) is 1. The first kappa shape index (κ1) is 16.1. The number of piperidine rings is 1. The Bertz CT molecular complexity index is 853. The smallest absolute Gasteiger partial charge is 0.142 e. The number of aromatic amines is 1. The quantitative estimate of drug-likeness (QED) is 0.716. The van der Waals surface area contributed by atoms with Crippen molar-refractivity contribution >= 4 is 17.4 Å². The maximum atomic E-state index is 6.42. The molecule has 2 aromatic heterocycles. The lowest BCUT2D eigenvalue weighted by atomic mass is 9.92. The van der Waals surface area contributed by atoms with E-state index < -0.39 is 0 Å². The minimum absolute atomic E-state index is 0.500. The van der Waals surface area contributed by atoms with Gasteiger partial charge in [0, 0.05) is 24.7 Å². The van der Waals surface area contributed by atoms with Crippen molar-refractivity contribution in [3.05, 3.63) is 59.5 Å². The maximum Gasteiger partial charge on any atom is 0.142 e. The van der Waals surface area contributed by atoms with E-state index in [4.69, 9.17) is 11.6 Å². The highest BCUT2D eigenvalue weighted by Crippen LogP contribution is 2.37. The third kappa shape index (κ3) is 3.12. The van der Waals surface area contributed by atoms with E-state index in [1.807, 2.05) is 30.3 Å². The summed E-state index contributed by atoms with van der Waals surface area (Å²) in [7, 11) is 0. The molecule has 3 aromatic rings. The molecule has 3 heterocycles. The van der Waals surface area contributed by atoms with Gasteiger partial charge >= 0.3 is 0 Å². The number of hydrogen-bond acceptors (Lipinski definition) is 4. The molecule has 4 rings (SSSR count). The van der Waals surface area contributed by atoms with Crippen LogP contribution in [0.15, 0.2) is 43.0 Å². The van der Waals surface area contributed by atoms with Crippen LogP contribution in [0.5, 0.6) is 0 Å². The lowest BCUT2D eigenvalue weighted by Crippen LogP contribution is -2.34. The molecule has 1 aliphatic rings. The van der Waals surface area contributed by atoms with Crippen LogP contribution >= 0.6 is 11.6 Å². The number of rotatable bonds is 3. The molecule has 0 atom stereocenters. The Balaban J connectivity index is 1.60. The third-order valence-corrected chi connectivity index (χ3v) is 5.18. The maximum absolute atomic E-state index is 6.42. The fourth-order valence-electron chi connectivity index (χ4n) is 3.59. The summed E-state index contributed by atoms with van der Waals surface area (Å²) in [4.78, 5) is 18.7. The Morgan fingerprint density at radius 3 is 2.52 bits per heavy atom. The molecule has 0 aliphatic carbocycles. The Labute approximate surface area is 152 Å². The van der Waals surface area contributed by atoms with Crippen LogP contribution in [0.4, 0.5) is 5.82 Å². The van der Waals surface area contributed by atoms with Crippen LogP contribution in [0.25, 0.3) is 11.1 Å². The lowest BCUT2D eigenvalue weighted by molar-refractivity contribution is 0.493. The molecule has 6 heteroatoms. The fourth-order valence-corrected chi connectivity index (χ4v) is 3.83. The average molecular weight is 354 g/mol. The van der Waals surface area contributed by atoms with Crippen molar-refractivity contribution in [2.24, 2.45) is 0 Å². The zero-order valence-corrected chi connectivity index (χ0v) is 14.9. The molecule has 0 spiro atoms. The molecule has 5 nitrogen and oxygen atoms in total. The molecule has 25 heavy (non-hydrogen) atoms. The number of nitrogens with zero attached hydrogens (tertiary/aromatic N) is 4. The van der Waals surface area contributed by atoms with Crippen molar-refractivity contribution in [1.29, 1.82) is 0 Å². The van der Waals surface area contributed by atoms with Crippen LogP contribution in [0.2, 0.25) is 5.15 Å². The van der Waals surface area contributed by atoms with Crippen LogP contribution in [0.3, 0.4) is 0 Å². The van der Waals surface area contributed by atoms with E-state index in [-0.39, 0.29) is 0 Å². The summed E-state index contributed by atoms with van der Waals surface area (Å²) in [6.45, 7) is 3.96. The predicted octanol–water partition coefficient (Wildman–Crippen LogP) is 4.21. The van der Waals surface area contributed by atoms with Crippen molar-refractivity contribution in [3.63, 3.8) is 0 Å². The number of benzene rings is 1. The van der Waals surface area contributed by atoms with Gasteiger partial charge in [0.2, 0.25) is 0 Å². The van der Waals surface area contributed by atoms with E-state index in [1.165, 1.54) is 11.4 Å². The molecule has 0 unspecified atom stereocenters. The van der Waals surface area contributed by atoms with Gasteiger partial charge in [0.1, 0.15) is 17.3 Å². The minimum atomic E-state index is 0.500. The number of aryl methyl sites for hydroxylation is 1. The Morgan fingerprint density at radius 1 is 1.08 bits per heavy atom. The van der Waals surface area contributed by atoms with Crippen LogP contribution in [-0.2, 0) is 0 Å². The summed E-state index contributed by atoms with van der Waals surface area (Å²) in [6.07, 6.45) is 5.45. The van der Waals surface area contributed by atoms with Gasteiger partial charge in [-0.05, 0) is 25.3 Å². The number of aromatic nitrogens is 4. The monoisotopic (exact) mass is 353 g/mol. The molecule has 1 fully saturated rings. The molecular weight excluding hydrogens is 334 g/mol. The molecule has 1 saturated heterocycles. The molecule has 0 amide bonds. The summed E-state index contributed by atoms with van der Waals surface area (Å²) >= 11 is 6.42. The van der Waals surface area contributed by atoms with Gasteiger partial charge in [-0.25, -0.2) is 15.0 Å². The summed E-state index contributed by atoms with van der Waals surface area (Å²) in [5.41, 5.74) is 4.34. The predicted molar refractivity (Wildman–Crippen MR) is 100.0 cm³/mol. The normalized spacial score (nSPS) is 15.5. The van der Waals surface area contributed by atoms with Gasteiger partial charge in [0.15, 0.2) is 0 Å². The first-order valence-corrected chi connectivity index (χ1v) is 8.92. The molecule has 0 radical (unpaired) electrons. The molecule has 1 N–H and O–H groups in total. The van der Waals surface area contributed by atoms with Crippen molar-refractivity contribution in [2.75, 3.05) is 18.0 Å². The van der Waals surface area contributed by atoms with Gasteiger partial charge < -0.3 is 9.88 Å². The highest BCUT2D eigenvalue weighted by Gasteiger charge is 2.26. The first-order chi connectivity index (χ1) is 12.2. The Kier molecular flexibility index (Phi) is 4.40. The molecule has 0 bridgehead atoms. The molecule has 1 aliphatic heterocycles. The van der Waals surface area contributed by atoms with E-state index >= 15 is 0 Å². The fraction of sp³-hybridized carbons (Fsp3) is 0.316. The number of nitrogens with one attached hydrogen (secondary N) is 1. The number of imidazole rings is 1. The van der Waals surface area contributed by atoms with Crippen molar-refractivity contribution < 1.29 is 0 Å². The first-order valence-electron chi connectivity index (χ1n) is 8.54. The molecule has 1 aromatic carbocycles. The van der Waals surface area contributed by atoms with E-state index in [2.05, 4.69) is 31.8 Å². The third-order valence-electron chi connectivity index (χ3n) is 4.89. The summed E-state index contributed by atoms with van der Waals surface area (Å²) in [5.74, 6) is 1.42. The van der Waals surface area contributed by atoms with Crippen LogP contribution < -0.4 is 4.90 Å². The topological polar surface area (TPSA) is 57.7 Å². The Hall–Kier alpha value is -2.40. The van der Waals surface area contributed by atoms with E-state index in [0.717, 1.165) is 42.9 Å². The minimum Gasteiger partial charge on any atom is -0.356 e. The zero-order valence-electron chi connectivity index (χ0n) is 14.1. The van der Waals surface area contributed by atoms with Gasteiger partial charge in [-0.15, -0.1) is 0 Å². The van der Waals surface area contributed by atoms with Crippen molar-refractivity contribution in [1.82, 2.24) is 19.9 Å². The van der Waals surface area contributed by atoms with E-state index in [1.54, 1.807) is 12.7 Å². The lowest BCUT2D eigenvalue weighted by Gasteiger charge is -2.33. The number of H-pyrrole nitrogens is 1. The van der Waals surface area contributed by atoms with Gasteiger partial charge in [0.25, 0.3) is 0 Å². The van der Waals surface area contributed by atoms with Crippen LogP contribution in [0, 0.1) is 6.92 Å². The average Bonchev–Trinajstić information content (AvgIpc) is 3.08. The Morgan fingerprint density at radius 2 is 1.84 bits per heavy atom. The van der Waals surface area contributed by atoms with E-state index in [0.29, 0.717) is 11.1 Å². The largest absolute Gasteiger partial charge is 0.356 e. The number of anilines is 1.